The van der Waals surface area contributed by atoms with Crippen LogP contribution >= 0.6 is 0 Å². The molecule has 1 aromatic carbocycles. The quantitative estimate of drug-likeness (QED) is 0.146. The molecule has 15 heteroatoms. The van der Waals surface area contributed by atoms with Crippen molar-refractivity contribution in [2.24, 2.45) is 0 Å². The van der Waals surface area contributed by atoms with E-state index in [1.165, 1.54) is 12.1 Å². The summed E-state index contributed by atoms with van der Waals surface area (Å²) in [6.45, 7) is 21.3. The lowest BCUT2D eigenvalue weighted by Gasteiger charge is -2.39. The molecule has 1 unspecified atom stereocenters. The van der Waals surface area contributed by atoms with Crippen molar-refractivity contribution in [2.75, 3.05) is 57.3 Å². The molecular weight excluding hydrogens is 713 g/mol. The van der Waals surface area contributed by atoms with Crippen LogP contribution in [0, 0.1) is 11.6 Å². The standard InChI is InChI=1S/C36H53F2N3O7SSi2/c1-36(2,3)51(8,9)48-29-21-46-32-28(20-45-33(29)32)47-35-34(49(4)42)31-27(41(35)22-44-16-17-50(5,6)7)11-10-26(39-31)30-24(37)18-23(19-25(30)38)40-12-14-43-15-13-40/h10-11,18-19,28-29,32-33H,12-17,20-22H2,1-9H3/t28-,29-,32-,33-,49?/m1/s1. The van der Waals surface area contributed by atoms with E-state index in [4.69, 9.17) is 33.1 Å². The minimum absolute atomic E-state index is 0.0264. The Morgan fingerprint density at radius 3 is 2.22 bits per heavy atom. The third-order valence-corrected chi connectivity index (χ3v) is 17.6. The lowest BCUT2D eigenvalue weighted by Crippen LogP contribution is -2.47. The zero-order valence-corrected chi connectivity index (χ0v) is 34.2. The minimum Gasteiger partial charge on any atom is -0.469 e. The molecular formula is C36H53F2N3O7SSi2. The largest absolute Gasteiger partial charge is 0.469 e. The van der Waals surface area contributed by atoms with Gasteiger partial charge in [-0.05, 0) is 48.4 Å². The molecule has 2 aromatic heterocycles. The minimum atomic E-state index is -2.10. The molecule has 51 heavy (non-hydrogen) atoms. The number of anilines is 1. The van der Waals surface area contributed by atoms with Gasteiger partial charge in [0.25, 0.3) is 0 Å². The topological polar surface area (TPSA) is 93.5 Å². The molecule has 3 aromatic rings. The number of aromatic nitrogens is 2. The number of rotatable bonds is 12. The molecule has 3 aliphatic rings. The Kier molecular flexibility index (Phi) is 11.2. The number of ether oxygens (including phenoxy) is 5. The van der Waals surface area contributed by atoms with Gasteiger partial charge in [-0.1, -0.05) is 40.4 Å². The van der Waals surface area contributed by atoms with E-state index in [0.717, 1.165) is 6.04 Å². The second-order valence-electron chi connectivity index (χ2n) is 16.5. The van der Waals surface area contributed by atoms with Gasteiger partial charge < -0.3 is 33.0 Å². The molecule has 0 bridgehead atoms. The summed E-state index contributed by atoms with van der Waals surface area (Å²) < 4.78 is 84.3. The van der Waals surface area contributed by atoms with Gasteiger partial charge in [0.1, 0.15) is 41.0 Å². The lowest BCUT2D eigenvalue weighted by atomic mass is 10.1. The highest BCUT2D eigenvalue weighted by molar-refractivity contribution is 7.84. The highest BCUT2D eigenvalue weighted by Gasteiger charge is 2.52. The fourth-order valence-corrected chi connectivity index (χ4v) is 9.38. The summed E-state index contributed by atoms with van der Waals surface area (Å²) in [6.07, 6.45) is 0.116. The van der Waals surface area contributed by atoms with Crippen molar-refractivity contribution in [2.45, 2.75) is 101 Å². The molecule has 0 N–H and O–H groups in total. The third-order valence-electron chi connectivity index (χ3n) is 10.5. The highest BCUT2D eigenvalue weighted by atomic mass is 32.2. The van der Waals surface area contributed by atoms with Gasteiger partial charge in [0.15, 0.2) is 14.4 Å². The van der Waals surface area contributed by atoms with Crippen LogP contribution in [0.1, 0.15) is 20.8 Å². The Morgan fingerprint density at radius 2 is 1.61 bits per heavy atom. The third kappa shape index (κ3) is 8.15. The van der Waals surface area contributed by atoms with Crippen molar-refractivity contribution in [3.63, 3.8) is 0 Å². The van der Waals surface area contributed by atoms with Crippen LogP contribution in [0.15, 0.2) is 29.2 Å². The zero-order chi connectivity index (χ0) is 36.9. The van der Waals surface area contributed by atoms with Crippen molar-refractivity contribution in [1.82, 2.24) is 9.55 Å². The molecule has 5 heterocycles. The Hall–Kier alpha value is -2.25. The van der Waals surface area contributed by atoms with Crippen LogP contribution in [-0.2, 0) is 40.9 Å². The second kappa shape index (κ2) is 14.9. The van der Waals surface area contributed by atoms with Gasteiger partial charge in [-0.15, -0.1) is 0 Å². The first-order chi connectivity index (χ1) is 23.9. The van der Waals surface area contributed by atoms with E-state index in [-0.39, 0.29) is 41.8 Å². The summed E-state index contributed by atoms with van der Waals surface area (Å²) in [5, 5.41) is 0.0264. The molecule has 6 rings (SSSR count). The zero-order valence-electron chi connectivity index (χ0n) is 31.3. The molecule has 10 nitrogen and oxygen atoms in total. The Morgan fingerprint density at radius 1 is 0.980 bits per heavy atom. The molecule has 0 aliphatic carbocycles. The summed E-state index contributed by atoms with van der Waals surface area (Å²) in [5.41, 5.74) is 1.21. The van der Waals surface area contributed by atoms with E-state index in [1.54, 1.807) is 18.4 Å². The van der Waals surface area contributed by atoms with Crippen molar-refractivity contribution in [1.29, 1.82) is 0 Å². The fraction of sp³-hybridized carbons (Fsp3) is 0.639. The molecule has 3 saturated heterocycles. The lowest BCUT2D eigenvalue weighted by molar-refractivity contribution is 0.00757. The average Bonchev–Trinajstić information content (AvgIpc) is 3.71. The summed E-state index contributed by atoms with van der Waals surface area (Å²) >= 11 is 0. The maximum Gasteiger partial charge on any atom is 0.215 e. The van der Waals surface area contributed by atoms with E-state index < -0.39 is 51.0 Å². The molecule has 5 atom stereocenters. The normalized spacial score (nSPS) is 23.6. The number of benzene rings is 1. The Bertz CT molecular complexity index is 1730. The molecule has 0 radical (unpaired) electrons. The number of hydrogen-bond donors (Lipinski definition) is 0. The van der Waals surface area contributed by atoms with Crippen LogP contribution in [0.25, 0.3) is 22.3 Å². The van der Waals surface area contributed by atoms with Gasteiger partial charge in [-0.2, -0.15) is 0 Å². The molecule has 0 spiro atoms. The van der Waals surface area contributed by atoms with Crippen LogP contribution in [0.5, 0.6) is 5.88 Å². The van der Waals surface area contributed by atoms with Crippen molar-refractivity contribution < 1.29 is 41.1 Å². The SMILES string of the molecule is CS(=O)c1c(O[C@@H]2CO[C@H]3[C@@H]2OC[C@H]3O[Si](C)(C)C(C)(C)C)n(COCC[Si](C)(C)C)c2ccc(-c3c(F)cc(N4CCOCC4)cc3F)nc12. The monoisotopic (exact) mass is 765 g/mol. The smallest absolute Gasteiger partial charge is 0.215 e. The first kappa shape index (κ1) is 38.5. The van der Waals surface area contributed by atoms with Crippen molar-refractivity contribution >= 4 is 43.9 Å². The molecule has 3 fully saturated rings. The molecule has 0 saturated carbocycles. The number of halogens is 2. The number of fused-ring (bicyclic) bond motifs is 2. The molecule has 0 amide bonds. The maximum absolute atomic E-state index is 15.7. The summed E-state index contributed by atoms with van der Waals surface area (Å²) in [4.78, 5) is 6.98. The van der Waals surface area contributed by atoms with Gasteiger partial charge in [0, 0.05) is 39.7 Å². The highest BCUT2D eigenvalue weighted by Crippen LogP contribution is 2.42. The number of morpholine rings is 1. The van der Waals surface area contributed by atoms with Crippen LogP contribution in [0.3, 0.4) is 0 Å². The van der Waals surface area contributed by atoms with E-state index in [9.17, 15) is 4.21 Å². The van der Waals surface area contributed by atoms with E-state index >= 15 is 8.78 Å². The molecule has 3 aliphatic heterocycles. The van der Waals surface area contributed by atoms with Crippen LogP contribution in [-0.4, -0.2) is 107 Å². The Labute approximate surface area is 304 Å². The maximum atomic E-state index is 15.7. The van der Waals surface area contributed by atoms with E-state index in [0.29, 0.717) is 67.0 Å². The Balaban J connectivity index is 1.35. The number of pyridine rings is 1. The summed E-state index contributed by atoms with van der Waals surface area (Å²) in [7, 11) is -5.07. The van der Waals surface area contributed by atoms with Crippen molar-refractivity contribution in [3.05, 3.63) is 35.9 Å². The van der Waals surface area contributed by atoms with Gasteiger partial charge in [-0.25, -0.2) is 13.8 Å². The van der Waals surface area contributed by atoms with E-state index in [2.05, 4.69) is 53.5 Å². The van der Waals surface area contributed by atoms with Gasteiger partial charge in [0.05, 0.1) is 60.1 Å². The van der Waals surface area contributed by atoms with Crippen LogP contribution in [0.2, 0.25) is 43.8 Å². The van der Waals surface area contributed by atoms with Crippen LogP contribution < -0.4 is 9.64 Å². The summed E-state index contributed by atoms with van der Waals surface area (Å²) in [5.74, 6) is -1.14. The molecule has 282 valence electrons. The van der Waals surface area contributed by atoms with Gasteiger partial charge in [0.2, 0.25) is 5.88 Å². The average molecular weight is 766 g/mol. The van der Waals surface area contributed by atoms with Crippen LogP contribution in [0.4, 0.5) is 14.5 Å². The number of nitrogens with zero attached hydrogens (tertiary/aromatic N) is 3. The van der Waals surface area contributed by atoms with Gasteiger partial charge >= 0.3 is 0 Å². The van der Waals surface area contributed by atoms with E-state index in [1.807, 2.05) is 9.47 Å². The first-order valence-electron chi connectivity index (χ1n) is 17.8. The van der Waals surface area contributed by atoms with Gasteiger partial charge in [-0.3, -0.25) is 8.78 Å². The van der Waals surface area contributed by atoms with Crippen molar-refractivity contribution in [3.8, 4) is 17.1 Å². The predicted octanol–water partition coefficient (Wildman–Crippen LogP) is 6.80. The number of hydrogen-bond acceptors (Lipinski definition) is 9. The first-order valence-corrected chi connectivity index (χ1v) is 26.0. The predicted molar refractivity (Wildman–Crippen MR) is 201 cm³/mol. The summed E-state index contributed by atoms with van der Waals surface area (Å²) in [6, 6.07) is 6.95. The second-order valence-corrected chi connectivity index (χ2v) is 28.2. The fourth-order valence-electron chi connectivity index (χ4n) is 6.49.